The van der Waals surface area contributed by atoms with Gasteiger partial charge in [-0.05, 0) is 55.6 Å². The topological polar surface area (TPSA) is 58.0 Å². The van der Waals surface area contributed by atoms with E-state index in [-0.39, 0.29) is 12.5 Å². The summed E-state index contributed by atoms with van der Waals surface area (Å²) in [5, 5.41) is 3.51. The molecule has 1 N–H and O–H groups in total. The molecular formula is C23H24ClN3O3. The van der Waals surface area contributed by atoms with Gasteiger partial charge in [-0.25, -0.2) is 0 Å². The fourth-order valence-electron chi connectivity index (χ4n) is 3.38. The number of rotatable bonds is 6. The third kappa shape index (κ3) is 4.96. The van der Waals surface area contributed by atoms with E-state index >= 15 is 0 Å². The Kier molecular flexibility index (Phi) is 6.26. The lowest BCUT2D eigenvalue weighted by Crippen LogP contribution is -2.44. The van der Waals surface area contributed by atoms with E-state index in [4.69, 9.17) is 20.8 Å². The van der Waals surface area contributed by atoms with Crippen molar-refractivity contribution in [3.8, 4) is 5.75 Å². The van der Waals surface area contributed by atoms with Crippen LogP contribution in [0.15, 0.2) is 65.3 Å². The van der Waals surface area contributed by atoms with Gasteiger partial charge in [-0.3, -0.25) is 4.79 Å². The maximum Gasteiger partial charge on any atom is 0.259 e. The molecule has 6 nitrogen and oxygen atoms in total. The number of ether oxygens (including phenoxy) is 1. The summed E-state index contributed by atoms with van der Waals surface area (Å²) in [6, 6.07) is 16.7. The zero-order valence-corrected chi connectivity index (χ0v) is 17.6. The van der Waals surface area contributed by atoms with Crippen molar-refractivity contribution in [2.75, 3.05) is 43.4 Å². The third-order valence-corrected chi connectivity index (χ3v) is 5.38. The zero-order chi connectivity index (χ0) is 20.9. The van der Waals surface area contributed by atoms with Crippen LogP contribution >= 0.6 is 11.6 Å². The van der Waals surface area contributed by atoms with Gasteiger partial charge in [0.1, 0.15) is 12.4 Å². The summed E-state index contributed by atoms with van der Waals surface area (Å²) < 4.78 is 11.1. The smallest absolute Gasteiger partial charge is 0.259 e. The Labute approximate surface area is 181 Å². The summed E-state index contributed by atoms with van der Waals surface area (Å²) in [7, 11) is 2.14. The van der Waals surface area contributed by atoms with Gasteiger partial charge >= 0.3 is 0 Å². The van der Waals surface area contributed by atoms with Gasteiger partial charge in [-0.1, -0.05) is 17.7 Å². The first-order valence-corrected chi connectivity index (χ1v) is 10.3. The highest BCUT2D eigenvalue weighted by Gasteiger charge is 2.17. The maximum absolute atomic E-state index is 12.7. The third-order valence-electron chi connectivity index (χ3n) is 5.15. The van der Waals surface area contributed by atoms with E-state index in [0.717, 1.165) is 31.9 Å². The quantitative estimate of drug-likeness (QED) is 0.629. The molecule has 1 fully saturated rings. The fourth-order valence-corrected chi connectivity index (χ4v) is 3.56. The number of piperazine rings is 1. The Bertz CT molecular complexity index is 995. The van der Waals surface area contributed by atoms with Crippen molar-refractivity contribution < 1.29 is 13.9 Å². The average Bonchev–Trinajstić information content (AvgIpc) is 3.22. The van der Waals surface area contributed by atoms with Crippen molar-refractivity contribution in [2.45, 2.75) is 6.61 Å². The van der Waals surface area contributed by atoms with Crippen LogP contribution in [0.25, 0.3) is 0 Å². The van der Waals surface area contributed by atoms with Gasteiger partial charge in [0.25, 0.3) is 5.91 Å². The van der Waals surface area contributed by atoms with E-state index < -0.39 is 0 Å². The first kappa shape index (κ1) is 20.3. The van der Waals surface area contributed by atoms with E-state index in [1.54, 1.807) is 30.3 Å². The number of hydrogen-bond acceptors (Lipinski definition) is 5. The normalized spacial score (nSPS) is 14.5. The van der Waals surface area contributed by atoms with Gasteiger partial charge in [-0.15, -0.1) is 0 Å². The second-order valence-electron chi connectivity index (χ2n) is 7.29. The number of nitrogens with one attached hydrogen (secondary N) is 1. The number of carbonyl (C=O) groups is 1. The average molecular weight is 426 g/mol. The minimum atomic E-state index is -0.235. The van der Waals surface area contributed by atoms with Gasteiger partial charge in [0, 0.05) is 42.6 Å². The van der Waals surface area contributed by atoms with Gasteiger partial charge in [0.15, 0.2) is 5.76 Å². The van der Waals surface area contributed by atoms with Crippen LogP contribution < -0.4 is 15.0 Å². The van der Waals surface area contributed by atoms with Crippen LogP contribution in [0.4, 0.5) is 11.4 Å². The Morgan fingerprint density at radius 2 is 1.87 bits per heavy atom. The summed E-state index contributed by atoms with van der Waals surface area (Å²) in [4.78, 5) is 17.4. The standard InChI is InChI=1S/C23H24ClN3O3/c1-26-10-12-27(13-11-26)19-7-5-18(6-8-19)25-23(28)21-9-14-29-22(21)16-30-20-4-2-3-17(24)15-20/h2-9,14-15H,10-13,16H2,1H3,(H,25,28). The van der Waals surface area contributed by atoms with E-state index in [2.05, 4.69) is 22.2 Å². The molecule has 1 aliphatic rings. The highest BCUT2D eigenvalue weighted by Crippen LogP contribution is 2.22. The number of furan rings is 1. The SMILES string of the molecule is CN1CCN(c2ccc(NC(=O)c3ccoc3COc3cccc(Cl)c3)cc2)CC1. The van der Waals surface area contributed by atoms with E-state index in [1.807, 2.05) is 24.3 Å². The molecule has 1 saturated heterocycles. The van der Waals surface area contributed by atoms with Crippen molar-refractivity contribution >= 4 is 28.9 Å². The fraction of sp³-hybridized carbons (Fsp3) is 0.261. The van der Waals surface area contributed by atoms with Gasteiger partial charge in [0.05, 0.1) is 11.8 Å². The number of anilines is 2. The lowest BCUT2D eigenvalue weighted by Gasteiger charge is -2.34. The number of amides is 1. The van der Waals surface area contributed by atoms with Crippen LogP contribution in [0.2, 0.25) is 5.02 Å². The molecule has 2 heterocycles. The van der Waals surface area contributed by atoms with Gasteiger partial charge in [-0.2, -0.15) is 0 Å². The summed E-state index contributed by atoms with van der Waals surface area (Å²) in [5.74, 6) is 0.840. The van der Waals surface area contributed by atoms with Gasteiger partial charge in [0.2, 0.25) is 0 Å². The Morgan fingerprint density at radius 3 is 2.60 bits per heavy atom. The number of benzene rings is 2. The minimum Gasteiger partial charge on any atom is -0.486 e. The highest BCUT2D eigenvalue weighted by molar-refractivity contribution is 6.30. The predicted molar refractivity (Wildman–Crippen MR) is 119 cm³/mol. The molecule has 0 unspecified atom stereocenters. The molecule has 3 aromatic rings. The molecule has 1 amide bonds. The Balaban J connectivity index is 1.37. The van der Waals surface area contributed by atoms with Crippen LogP contribution in [0.5, 0.6) is 5.75 Å². The molecule has 30 heavy (non-hydrogen) atoms. The first-order chi connectivity index (χ1) is 14.6. The molecule has 0 aliphatic carbocycles. The van der Waals surface area contributed by atoms with Crippen LogP contribution in [0.3, 0.4) is 0 Å². The monoisotopic (exact) mass is 425 g/mol. The van der Waals surface area contributed by atoms with E-state index in [0.29, 0.717) is 22.1 Å². The molecule has 0 saturated carbocycles. The predicted octanol–water partition coefficient (Wildman–Crippen LogP) is 4.52. The Morgan fingerprint density at radius 1 is 1.10 bits per heavy atom. The lowest BCUT2D eigenvalue weighted by atomic mass is 10.2. The van der Waals surface area contributed by atoms with Crippen LogP contribution in [-0.2, 0) is 6.61 Å². The molecule has 0 atom stereocenters. The Hall–Kier alpha value is -2.96. The van der Waals surface area contributed by atoms with Crippen molar-refractivity contribution in [2.24, 2.45) is 0 Å². The number of likely N-dealkylation sites (N-methyl/N-ethyl adjacent to an activating group) is 1. The van der Waals surface area contributed by atoms with Crippen molar-refractivity contribution in [3.05, 3.63) is 77.2 Å². The largest absolute Gasteiger partial charge is 0.486 e. The summed E-state index contributed by atoms with van der Waals surface area (Å²) in [6.45, 7) is 4.26. The van der Waals surface area contributed by atoms with Crippen molar-refractivity contribution in [1.29, 1.82) is 0 Å². The number of nitrogens with zero attached hydrogens (tertiary/aromatic N) is 2. The second kappa shape index (κ2) is 9.24. The summed E-state index contributed by atoms with van der Waals surface area (Å²) >= 11 is 5.97. The first-order valence-electron chi connectivity index (χ1n) is 9.88. The maximum atomic E-state index is 12.7. The van der Waals surface area contributed by atoms with Crippen molar-refractivity contribution in [1.82, 2.24) is 4.90 Å². The second-order valence-corrected chi connectivity index (χ2v) is 7.73. The molecule has 0 radical (unpaired) electrons. The molecule has 7 heteroatoms. The number of halogens is 1. The molecule has 1 aromatic heterocycles. The molecule has 0 spiro atoms. The minimum absolute atomic E-state index is 0.137. The molecule has 4 rings (SSSR count). The summed E-state index contributed by atoms with van der Waals surface area (Å²) in [5.41, 5.74) is 2.35. The molecule has 2 aromatic carbocycles. The molecule has 1 aliphatic heterocycles. The van der Waals surface area contributed by atoms with Gasteiger partial charge < -0.3 is 24.3 Å². The number of carbonyl (C=O) groups excluding carboxylic acids is 1. The molecule has 156 valence electrons. The highest BCUT2D eigenvalue weighted by atomic mass is 35.5. The molecular weight excluding hydrogens is 402 g/mol. The number of hydrogen-bond donors (Lipinski definition) is 1. The van der Waals surface area contributed by atoms with Crippen LogP contribution in [-0.4, -0.2) is 44.0 Å². The van der Waals surface area contributed by atoms with Crippen LogP contribution in [0, 0.1) is 0 Å². The zero-order valence-electron chi connectivity index (χ0n) is 16.8. The van der Waals surface area contributed by atoms with Crippen molar-refractivity contribution in [3.63, 3.8) is 0 Å². The van der Waals surface area contributed by atoms with E-state index in [1.165, 1.54) is 12.0 Å². The lowest BCUT2D eigenvalue weighted by molar-refractivity contribution is 0.102. The van der Waals surface area contributed by atoms with Crippen LogP contribution in [0.1, 0.15) is 16.1 Å². The molecule has 0 bridgehead atoms. The van der Waals surface area contributed by atoms with E-state index in [9.17, 15) is 4.79 Å². The summed E-state index contributed by atoms with van der Waals surface area (Å²) in [6.07, 6.45) is 1.49.